The van der Waals surface area contributed by atoms with Gasteiger partial charge in [0.2, 0.25) is 0 Å². The zero-order valence-electron chi connectivity index (χ0n) is 5.80. The molecular weight excluding hydrogens is 194 g/mol. The minimum atomic E-state index is 0.165. The highest BCUT2D eigenvalue weighted by Crippen LogP contribution is 2.14. The largest absolute Gasteiger partial charge is 0.468 e. The summed E-state index contributed by atoms with van der Waals surface area (Å²) < 4.78 is 6.12. The standard InChI is InChI=1S/C7H10BrNO/c1-5(9)2-7-3-6(8)4-10-7/h3-5H,2,9H2,1H3/t5-/m0/s1. The first kappa shape index (κ1) is 7.82. The van der Waals surface area contributed by atoms with Crippen molar-refractivity contribution in [1.29, 1.82) is 0 Å². The second kappa shape index (κ2) is 3.21. The van der Waals surface area contributed by atoms with Crippen LogP contribution in [0.5, 0.6) is 0 Å². The lowest BCUT2D eigenvalue weighted by Crippen LogP contribution is -2.17. The van der Waals surface area contributed by atoms with Crippen molar-refractivity contribution in [2.24, 2.45) is 5.73 Å². The molecule has 0 saturated heterocycles. The Morgan fingerprint density at radius 2 is 2.50 bits per heavy atom. The van der Waals surface area contributed by atoms with Gasteiger partial charge in [-0.3, -0.25) is 0 Å². The Kier molecular flexibility index (Phi) is 2.51. The highest BCUT2D eigenvalue weighted by molar-refractivity contribution is 9.10. The summed E-state index contributed by atoms with van der Waals surface area (Å²) in [7, 11) is 0. The van der Waals surface area contributed by atoms with Gasteiger partial charge < -0.3 is 10.2 Å². The summed E-state index contributed by atoms with van der Waals surface area (Å²) in [6, 6.07) is 2.10. The summed E-state index contributed by atoms with van der Waals surface area (Å²) in [5.74, 6) is 0.932. The summed E-state index contributed by atoms with van der Waals surface area (Å²) in [6.45, 7) is 1.95. The predicted octanol–water partition coefficient (Wildman–Crippen LogP) is 1.93. The Hall–Kier alpha value is -0.280. The van der Waals surface area contributed by atoms with Crippen LogP contribution in [0, 0.1) is 0 Å². The molecule has 0 bridgehead atoms. The van der Waals surface area contributed by atoms with E-state index in [1.54, 1.807) is 6.26 Å². The molecule has 0 saturated carbocycles. The van der Waals surface area contributed by atoms with Crippen LogP contribution >= 0.6 is 15.9 Å². The molecule has 0 fully saturated rings. The van der Waals surface area contributed by atoms with E-state index in [0.29, 0.717) is 0 Å². The smallest absolute Gasteiger partial charge is 0.106 e. The van der Waals surface area contributed by atoms with Crippen molar-refractivity contribution in [2.45, 2.75) is 19.4 Å². The average Bonchev–Trinajstić information content (AvgIpc) is 2.13. The molecule has 0 aliphatic heterocycles. The van der Waals surface area contributed by atoms with Crippen LogP contribution in [-0.4, -0.2) is 6.04 Å². The number of hydrogen-bond acceptors (Lipinski definition) is 2. The van der Waals surface area contributed by atoms with Crippen LogP contribution in [0.2, 0.25) is 0 Å². The van der Waals surface area contributed by atoms with Gasteiger partial charge in [-0.05, 0) is 28.9 Å². The maximum absolute atomic E-state index is 5.56. The van der Waals surface area contributed by atoms with Crippen molar-refractivity contribution in [3.8, 4) is 0 Å². The Morgan fingerprint density at radius 1 is 1.80 bits per heavy atom. The van der Waals surface area contributed by atoms with Crippen molar-refractivity contribution in [1.82, 2.24) is 0 Å². The second-order valence-electron chi connectivity index (χ2n) is 2.41. The van der Waals surface area contributed by atoms with E-state index in [4.69, 9.17) is 10.2 Å². The van der Waals surface area contributed by atoms with Crippen molar-refractivity contribution in [3.05, 3.63) is 22.6 Å². The molecular formula is C7H10BrNO. The third-order valence-corrected chi connectivity index (χ3v) is 1.56. The molecule has 1 atom stereocenters. The first-order chi connectivity index (χ1) is 4.68. The van der Waals surface area contributed by atoms with Crippen LogP contribution < -0.4 is 5.73 Å². The molecule has 3 heteroatoms. The summed E-state index contributed by atoms with van der Waals surface area (Å²) in [5, 5.41) is 0. The molecule has 56 valence electrons. The van der Waals surface area contributed by atoms with Gasteiger partial charge >= 0.3 is 0 Å². The highest BCUT2D eigenvalue weighted by Gasteiger charge is 2.01. The summed E-state index contributed by atoms with van der Waals surface area (Å²) in [5.41, 5.74) is 5.56. The number of furan rings is 1. The molecule has 0 aliphatic carbocycles. The predicted molar refractivity (Wildman–Crippen MR) is 43.8 cm³/mol. The third-order valence-electron chi connectivity index (χ3n) is 1.14. The van der Waals surface area contributed by atoms with E-state index in [-0.39, 0.29) is 6.04 Å². The molecule has 1 aromatic heterocycles. The van der Waals surface area contributed by atoms with Crippen LogP contribution in [0.3, 0.4) is 0 Å². The van der Waals surface area contributed by atoms with Crippen molar-refractivity contribution < 1.29 is 4.42 Å². The van der Waals surface area contributed by atoms with E-state index in [1.807, 2.05) is 13.0 Å². The average molecular weight is 204 g/mol. The minimum Gasteiger partial charge on any atom is -0.468 e. The molecule has 0 radical (unpaired) electrons. The monoisotopic (exact) mass is 203 g/mol. The van der Waals surface area contributed by atoms with Gasteiger partial charge in [0.1, 0.15) is 12.0 Å². The van der Waals surface area contributed by atoms with Crippen molar-refractivity contribution >= 4 is 15.9 Å². The van der Waals surface area contributed by atoms with Gasteiger partial charge in [-0.2, -0.15) is 0 Å². The maximum Gasteiger partial charge on any atom is 0.106 e. The third kappa shape index (κ3) is 2.15. The van der Waals surface area contributed by atoms with Crippen molar-refractivity contribution in [2.75, 3.05) is 0 Å². The first-order valence-corrected chi connectivity index (χ1v) is 3.96. The molecule has 1 aromatic rings. The van der Waals surface area contributed by atoms with Crippen LogP contribution in [-0.2, 0) is 6.42 Å². The molecule has 10 heavy (non-hydrogen) atoms. The molecule has 0 amide bonds. The SMILES string of the molecule is C[C@H](N)Cc1cc(Br)co1. The lowest BCUT2D eigenvalue weighted by atomic mass is 10.2. The number of nitrogens with two attached hydrogens (primary N) is 1. The zero-order valence-corrected chi connectivity index (χ0v) is 7.39. The van der Waals surface area contributed by atoms with Crippen LogP contribution in [0.15, 0.2) is 21.2 Å². The molecule has 0 unspecified atom stereocenters. The second-order valence-corrected chi connectivity index (χ2v) is 3.33. The molecule has 2 N–H and O–H groups in total. The van der Waals surface area contributed by atoms with Crippen LogP contribution in [0.25, 0.3) is 0 Å². The van der Waals surface area contributed by atoms with E-state index in [9.17, 15) is 0 Å². The van der Waals surface area contributed by atoms with Crippen LogP contribution in [0.4, 0.5) is 0 Å². The topological polar surface area (TPSA) is 39.2 Å². The molecule has 0 aliphatic rings. The van der Waals surface area contributed by atoms with E-state index >= 15 is 0 Å². The maximum atomic E-state index is 5.56. The van der Waals surface area contributed by atoms with Gasteiger partial charge in [0.15, 0.2) is 0 Å². The molecule has 1 heterocycles. The van der Waals surface area contributed by atoms with Gasteiger partial charge in [-0.15, -0.1) is 0 Å². The fourth-order valence-corrected chi connectivity index (χ4v) is 1.13. The Balaban J connectivity index is 2.58. The van der Waals surface area contributed by atoms with E-state index in [0.717, 1.165) is 16.7 Å². The van der Waals surface area contributed by atoms with Gasteiger partial charge in [-0.1, -0.05) is 0 Å². The zero-order chi connectivity index (χ0) is 7.56. The normalized spacial score (nSPS) is 13.5. The van der Waals surface area contributed by atoms with Gasteiger partial charge in [0.05, 0.1) is 4.47 Å². The van der Waals surface area contributed by atoms with Gasteiger partial charge in [-0.25, -0.2) is 0 Å². The Bertz CT molecular complexity index is 207. The fourth-order valence-electron chi connectivity index (χ4n) is 0.778. The Labute approximate surface area is 68.5 Å². The summed E-state index contributed by atoms with van der Waals surface area (Å²) in [6.07, 6.45) is 2.46. The summed E-state index contributed by atoms with van der Waals surface area (Å²) in [4.78, 5) is 0. The molecule has 0 aromatic carbocycles. The summed E-state index contributed by atoms with van der Waals surface area (Å²) >= 11 is 3.29. The lowest BCUT2D eigenvalue weighted by molar-refractivity contribution is 0.491. The van der Waals surface area contributed by atoms with Gasteiger partial charge in [0.25, 0.3) is 0 Å². The van der Waals surface area contributed by atoms with Gasteiger partial charge in [0, 0.05) is 12.5 Å². The number of hydrogen-bond donors (Lipinski definition) is 1. The van der Waals surface area contributed by atoms with E-state index in [1.165, 1.54) is 0 Å². The molecule has 1 rings (SSSR count). The number of rotatable bonds is 2. The minimum absolute atomic E-state index is 0.165. The quantitative estimate of drug-likeness (QED) is 0.799. The van der Waals surface area contributed by atoms with Crippen LogP contribution in [0.1, 0.15) is 12.7 Å². The Morgan fingerprint density at radius 3 is 2.90 bits per heavy atom. The molecule has 2 nitrogen and oxygen atoms in total. The lowest BCUT2D eigenvalue weighted by Gasteiger charge is -1.98. The first-order valence-electron chi connectivity index (χ1n) is 3.17. The van der Waals surface area contributed by atoms with E-state index < -0.39 is 0 Å². The fraction of sp³-hybridized carbons (Fsp3) is 0.429. The van der Waals surface area contributed by atoms with Crippen molar-refractivity contribution in [3.63, 3.8) is 0 Å². The molecule has 0 spiro atoms. The highest BCUT2D eigenvalue weighted by atomic mass is 79.9. The van der Waals surface area contributed by atoms with E-state index in [2.05, 4.69) is 15.9 Å². The number of halogens is 1.